The van der Waals surface area contributed by atoms with Crippen LogP contribution in [0, 0.1) is 5.82 Å². The minimum absolute atomic E-state index is 0.0251. The Hall–Kier alpha value is -2.20. The van der Waals surface area contributed by atoms with Gasteiger partial charge in [-0.05, 0) is 36.4 Å². The number of amides is 1. The lowest BCUT2D eigenvalue weighted by Gasteiger charge is -2.26. The number of benzene rings is 2. The molecule has 1 aliphatic rings. The molecule has 28 heavy (non-hydrogen) atoms. The number of ether oxygens (including phenoxy) is 1. The third-order valence-corrected chi connectivity index (χ3v) is 6.23. The van der Waals surface area contributed by atoms with Gasteiger partial charge in [0.1, 0.15) is 5.82 Å². The van der Waals surface area contributed by atoms with Crippen LogP contribution in [0.25, 0.3) is 0 Å². The monoisotopic (exact) mass is 427 g/mol. The summed E-state index contributed by atoms with van der Waals surface area (Å²) in [6, 6.07) is 10.0. The molecule has 1 fully saturated rings. The molecule has 0 aliphatic carbocycles. The first-order valence-corrected chi connectivity index (χ1v) is 10.3. The fourth-order valence-corrected chi connectivity index (χ4v) is 4.30. The summed E-state index contributed by atoms with van der Waals surface area (Å²) >= 11 is 5.80. The van der Waals surface area contributed by atoms with E-state index in [0.29, 0.717) is 37.0 Å². The quantitative estimate of drug-likeness (QED) is 0.739. The Morgan fingerprint density at radius 1 is 1.18 bits per heavy atom. The van der Waals surface area contributed by atoms with Gasteiger partial charge in [0.2, 0.25) is 15.9 Å². The van der Waals surface area contributed by atoms with Crippen LogP contribution in [0.5, 0.6) is 0 Å². The van der Waals surface area contributed by atoms with E-state index in [9.17, 15) is 17.6 Å². The minimum atomic E-state index is -3.63. The second-order valence-electron chi connectivity index (χ2n) is 6.07. The second-order valence-corrected chi connectivity index (χ2v) is 8.44. The number of carbonyl (C=O) groups excluding carboxylic acids is 1. The number of hydrogen-bond donors (Lipinski definition) is 2. The standard InChI is InChI=1S/C18H19ClFN3O4S/c19-13-4-5-16(20)17(10-13)22-18(24)12-21-14-2-1-3-15(11-14)28(25,26)23-6-8-27-9-7-23/h1-5,10-11,21H,6-9,12H2,(H,22,24). The fourth-order valence-electron chi connectivity index (χ4n) is 2.67. The highest BCUT2D eigenvalue weighted by molar-refractivity contribution is 7.89. The molecule has 1 amide bonds. The number of nitrogens with one attached hydrogen (secondary N) is 2. The summed E-state index contributed by atoms with van der Waals surface area (Å²) < 4.78 is 45.6. The van der Waals surface area contributed by atoms with Crippen LogP contribution in [0.1, 0.15) is 0 Å². The van der Waals surface area contributed by atoms with Gasteiger partial charge in [-0.15, -0.1) is 0 Å². The second kappa shape index (κ2) is 8.87. The molecule has 7 nitrogen and oxygen atoms in total. The number of rotatable bonds is 6. The van der Waals surface area contributed by atoms with Gasteiger partial charge in [0.25, 0.3) is 0 Å². The smallest absolute Gasteiger partial charge is 0.243 e. The van der Waals surface area contributed by atoms with E-state index in [1.807, 2.05) is 0 Å². The SMILES string of the molecule is O=C(CNc1cccc(S(=O)(=O)N2CCOCC2)c1)Nc1cc(Cl)ccc1F. The number of anilines is 2. The van der Waals surface area contributed by atoms with E-state index in [2.05, 4.69) is 10.6 Å². The zero-order chi connectivity index (χ0) is 20.1. The topological polar surface area (TPSA) is 87.7 Å². The van der Waals surface area contributed by atoms with Crippen molar-refractivity contribution in [2.45, 2.75) is 4.90 Å². The average molecular weight is 428 g/mol. The lowest BCUT2D eigenvalue weighted by Crippen LogP contribution is -2.40. The number of sulfonamides is 1. The van der Waals surface area contributed by atoms with Crippen LogP contribution in [-0.4, -0.2) is 51.5 Å². The Labute approximate surface area is 167 Å². The molecule has 10 heteroatoms. The minimum Gasteiger partial charge on any atom is -0.379 e. The summed E-state index contributed by atoms with van der Waals surface area (Å²) in [5, 5.41) is 5.55. The highest BCUT2D eigenvalue weighted by Gasteiger charge is 2.26. The predicted molar refractivity (Wildman–Crippen MR) is 105 cm³/mol. The number of nitrogens with zero attached hydrogens (tertiary/aromatic N) is 1. The van der Waals surface area contributed by atoms with E-state index in [-0.39, 0.29) is 17.1 Å². The molecule has 0 spiro atoms. The van der Waals surface area contributed by atoms with Crippen molar-refractivity contribution in [1.82, 2.24) is 4.31 Å². The zero-order valence-corrected chi connectivity index (χ0v) is 16.4. The molecule has 1 aliphatic heterocycles. The van der Waals surface area contributed by atoms with E-state index in [4.69, 9.17) is 16.3 Å². The van der Waals surface area contributed by atoms with Crippen LogP contribution in [-0.2, 0) is 19.6 Å². The van der Waals surface area contributed by atoms with Gasteiger partial charge in [0.15, 0.2) is 0 Å². The fraction of sp³-hybridized carbons (Fsp3) is 0.278. The molecule has 0 bridgehead atoms. The van der Waals surface area contributed by atoms with Crippen LogP contribution in [0.3, 0.4) is 0 Å². The third-order valence-electron chi connectivity index (χ3n) is 4.10. The van der Waals surface area contributed by atoms with Crippen molar-refractivity contribution in [1.29, 1.82) is 0 Å². The van der Waals surface area contributed by atoms with Crippen molar-refractivity contribution in [3.05, 3.63) is 53.3 Å². The maximum absolute atomic E-state index is 13.7. The van der Waals surface area contributed by atoms with Crippen LogP contribution in [0.15, 0.2) is 47.4 Å². The van der Waals surface area contributed by atoms with Gasteiger partial charge in [-0.2, -0.15) is 4.31 Å². The maximum Gasteiger partial charge on any atom is 0.243 e. The molecular weight excluding hydrogens is 409 g/mol. The van der Waals surface area contributed by atoms with Crippen molar-refractivity contribution >= 4 is 38.9 Å². The van der Waals surface area contributed by atoms with Crippen molar-refractivity contribution in [3.8, 4) is 0 Å². The summed E-state index contributed by atoms with van der Waals surface area (Å²) in [6.07, 6.45) is 0. The molecule has 0 radical (unpaired) electrons. The molecule has 0 aromatic heterocycles. The van der Waals surface area contributed by atoms with Gasteiger partial charge < -0.3 is 15.4 Å². The molecule has 0 saturated carbocycles. The summed E-state index contributed by atoms with van der Waals surface area (Å²) in [5.41, 5.74) is 0.430. The van der Waals surface area contributed by atoms with Crippen LogP contribution < -0.4 is 10.6 Å². The summed E-state index contributed by atoms with van der Waals surface area (Å²) in [7, 11) is -3.63. The Morgan fingerprint density at radius 3 is 2.68 bits per heavy atom. The molecular formula is C18H19ClFN3O4S. The van der Waals surface area contributed by atoms with Crippen LogP contribution in [0.2, 0.25) is 5.02 Å². The molecule has 2 aromatic carbocycles. The van der Waals surface area contributed by atoms with E-state index in [0.717, 1.165) is 6.07 Å². The van der Waals surface area contributed by atoms with Gasteiger partial charge in [0, 0.05) is 23.8 Å². The molecule has 3 rings (SSSR count). The third kappa shape index (κ3) is 4.99. The van der Waals surface area contributed by atoms with Crippen molar-refractivity contribution in [2.24, 2.45) is 0 Å². The van der Waals surface area contributed by atoms with Gasteiger partial charge in [0.05, 0.1) is 30.3 Å². The summed E-state index contributed by atoms with van der Waals surface area (Å²) in [5.74, 6) is -1.10. The Morgan fingerprint density at radius 2 is 1.93 bits per heavy atom. The Kier molecular flexibility index (Phi) is 6.50. The molecule has 2 aromatic rings. The first kappa shape index (κ1) is 20.5. The maximum atomic E-state index is 13.7. The average Bonchev–Trinajstić information content (AvgIpc) is 2.70. The van der Waals surface area contributed by atoms with Gasteiger partial charge in [-0.1, -0.05) is 17.7 Å². The van der Waals surface area contributed by atoms with Gasteiger partial charge >= 0.3 is 0 Å². The number of morpholine rings is 1. The number of hydrogen-bond acceptors (Lipinski definition) is 5. The first-order chi connectivity index (χ1) is 13.4. The molecule has 2 N–H and O–H groups in total. The Bertz CT molecular complexity index is 965. The summed E-state index contributed by atoms with van der Waals surface area (Å²) in [6.45, 7) is 1.14. The number of carbonyl (C=O) groups is 1. The molecule has 0 atom stereocenters. The lowest BCUT2D eigenvalue weighted by atomic mass is 10.3. The van der Waals surface area contributed by atoms with Crippen molar-refractivity contribution in [3.63, 3.8) is 0 Å². The predicted octanol–water partition coefficient (Wildman–Crippen LogP) is 2.55. The highest BCUT2D eigenvalue weighted by atomic mass is 35.5. The number of halogens is 2. The van der Waals surface area contributed by atoms with Gasteiger partial charge in [-0.3, -0.25) is 4.79 Å². The lowest BCUT2D eigenvalue weighted by molar-refractivity contribution is -0.114. The first-order valence-electron chi connectivity index (χ1n) is 8.53. The summed E-state index contributed by atoms with van der Waals surface area (Å²) in [4.78, 5) is 12.2. The van der Waals surface area contributed by atoms with E-state index in [1.54, 1.807) is 12.1 Å². The normalized spacial score (nSPS) is 15.2. The van der Waals surface area contributed by atoms with E-state index in [1.165, 1.54) is 28.6 Å². The molecule has 150 valence electrons. The molecule has 1 saturated heterocycles. The molecule has 1 heterocycles. The molecule has 0 unspecified atom stereocenters. The van der Waals surface area contributed by atoms with Crippen LogP contribution in [0.4, 0.5) is 15.8 Å². The van der Waals surface area contributed by atoms with E-state index < -0.39 is 21.7 Å². The van der Waals surface area contributed by atoms with Crippen molar-refractivity contribution < 1.29 is 22.3 Å². The van der Waals surface area contributed by atoms with Crippen LogP contribution >= 0.6 is 11.6 Å². The van der Waals surface area contributed by atoms with E-state index >= 15 is 0 Å². The highest BCUT2D eigenvalue weighted by Crippen LogP contribution is 2.21. The van der Waals surface area contributed by atoms with Gasteiger partial charge in [-0.25, -0.2) is 12.8 Å². The largest absolute Gasteiger partial charge is 0.379 e. The zero-order valence-electron chi connectivity index (χ0n) is 14.8. The van der Waals surface area contributed by atoms with Crippen molar-refractivity contribution in [2.75, 3.05) is 43.5 Å². The Balaban J connectivity index is 1.64.